The normalized spacial score (nSPS) is 22.8. The van der Waals surface area contributed by atoms with Gasteiger partial charge < -0.3 is 4.74 Å². The van der Waals surface area contributed by atoms with Crippen molar-refractivity contribution in [2.24, 2.45) is 0 Å². The Morgan fingerprint density at radius 3 is 2.44 bits per heavy atom. The Bertz CT molecular complexity index is 865. The monoisotopic (exact) mass is 345 g/mol. The lowest BCUT2D eigenvalue weighted by Crippen LogP contribution is -2.20. The maximum absolute atomic E-state index is 13.4. The maximum Gasteiger partial charge on any atom is 0.416 e. The molecular formula is C18H14F3N3O. The molecule has 7 heteroatoms. The van der Waals surface area contributed by atoms with Crippen LogP contribution in [0, 0.1) is 0 Å². The zero-order valence-electron chi connectivity index (χ0n) is 13.0. The minimum absolute atomic E-state index is 0.138. The molecule has 0 radical (unpaired) electrons. The van der Waals surface area contributed by atoms with Gasteiger partial charge in [-0.1, -0.05) is 48.5 Å². The first-order valence-electron chi connectivity index (χ1n) is 7.72. The molecule has 1 aliphatic heterocycles. The molecule has 0 spiro atoms. The second kappa shape index (κ2) is 5.70. The van der Waals surface area contributed by atoms with Crippen LogP contribution in [0.2, 0.25) is 0 Å². The van der Waals surface area contributed by atoms with E-state index in [1.54, 1.807) is 10.7 Å². The molecule has 1 fully saturated rings. The average Bonchev–Trinajstić information content (AvgIpc) is 3.10. The van der Waals surface area contributed by atoms with Crippen molar-refractivity contribution in [3.05, 3.63) is 83.9 Å². The zero-order chi connectivity index (χ0) is 17.5. The van der Waals surface area contributed by atoms with Gasteiger partial charge in [-0.15, -0.1) is 0 Å². The Morgan fingerprint density at radius 2 is 1.76 bits per heavy atom. The van der Waals surface area contributed by atoms with Crippen molar-refractivity contribution in [3.63, 3.8) is 0 Å². The predicted molar refractivity (Wildman–Crippen MR) is 83.4 cm³/mol. The van der Waals surface area contributed by atoms with E-state index in [1.807, 2.05) is 30.3 Å². The quantitative estimate of drug-likeness (QED) is 0.672. The first-order valence-corrected chi connectivity index (χ1v) is 7.72. The highest BCUT2D eigenvalue weighted by Crippen LogP contribution is 2.59. The molecule has 2 unspecified atom stereocenters. The third-order valence-electron chi connectivity index (χ3n) is 4.37. The number of hydrogen-bond acceptors (Lipinski definition) is 3. The van der Waals surface area contributed by atoms with Gasteiger partial charge >= 0.3 is 6.18 Å². The molecule has 1 saturated heterocycles. The van der Waals surface area contributed by atoms with Crippen molar-refractivity contribution < 1.29 is 17.9 Å². The number of hydrogen-bond donors (Lipinski definition) is 0. The van der Waals surface area contributed by atoms with Crippen LogP contribution in [0.3, 0.4) is 0 Å². The van der Waals surface area contributed by atoms with E-state index in [4.69, 9.17) is 4.74 Å². The van der Waals surface area contributed by atoms with Crippen LogP contribution >= 0.6 is 0 Å². The molecule has 128 valence electrons. The number of alkyl halides is 3. The van der Waals surface area contributed by atoms with E-state index in [1.165, 1.54) is 24.8 Å². The predicted octanol–water partition coefficient (Wildman–Crippen LogP) is 3.96. The summed E-state index contributed by atoms with van der Waals surface area (Å²) in [4.78, 5) is 3.90. The highest BCUT2D eigenvalue weighted by molar-refractivity contribution is 5.41. The van der Waals surface area contributed by atoms with E-state index >= 15 is 0 Å². The summed E-state index contributed by atoms with van der Waals surface area (Å²) in [6, 6.07) is 14.8. The lowest BCUT2D eigenvalue weighted by Gasteiger charge is -2.16. The fourth-order valence-electron chi connectivity index (χ4n) is 3.18. The summed E-state index contributed by atoms with van der Waals surface area (Å²) in [7, 11) is 0. The second-order valence-corrected chi connectivity index (χ2v) is 5.93. The Hall–Kier alpha value is -2.67. The van der Waals surface area contributed by atoms with Gasteiger partial charge in [-0.2, -0.15) is 18.3 Å². The molecule has 25 heavy (non-hydrogen) atoms. The second-order valence-electron chi connectivity index (χ2n) is 5.93. The molecule has 4 rings (SSSR count). The van der Waals surface area contributed by atoms with Crippen molar-refractivity contribution in [2.75, 3.05) is 0 Å². The number of aromatic nitrogens is 3. The van der Waals surface area contributed by atoms with Crippen molar-refractivity contribution in [1.29, 1.82) is 0 Å². The van der Waals surface area contributed by atoms with Crippen LogP contribution in [0.4, 0.5) is 13.2 Å². The largest absolute Gasteiger partial charge is 0.416 e. The van der Waals surface area contributed by atoms with E-state index in [0.29, 0.717) is 0 Å². The van der Waals surface area contributed by atoms with Gasteiger partial charge in [0.05, 0.1) is 12.1 Å². The summed E-state index contributed by atoms with van der Waals surface area (Å²) in [6.07, 6.45) is -2.21. The third-order valence-corrected chi connectivity index (χ3v) is 4.37. The number of rotatable bonds is 4. The lowest BCUT2D eigenvalue weighted by molar-refractivity contribution is -0.138. The summed E-state index contributed by atoms with van der Waals surface area (Å²) in [5.74, 6) is 0. The summed E-state index contributed by atoms with van der Waals surface area (Å²) in [5.41, 5.74) is -0.612. The minimum atomic E-state index is -4.43. The fraction of sp³-hybridized carbons (Fsp3) is 0.222. The first kappa shape index (κ1) is 15.8. The summed E-state index contributed by atoms with van der Waals surface area (Å²) in [6.45, 7) is 0.286. The smallest absolute Gasteiger partial charge is 0.354 e. The molecule has 1 aromatic heterocycles. The van der Waals surface area contributed by atoms with Crippen LogP contribution in [-0.2, 0) is 23.1 Å². The average molecular weight is 345 g/mol. The van der Waals surface area contributed by atoms with E-state index in [-0.39, 0.29) is 12.1 Å². The van der Waals surface area contributed by atoms with Gasteiger partial charge in [0.2, 0.25) is 0 Å². The Labute approximate surface area is 141 Å². The molecule has 0 amide bonds. The Morgan fingerprint density at radius 1 is 1.04 bits per heavy atom. The van der Waals surface area contributed by atoms with E-state index in [2.05, 4.69) is 10.1 Å². The Kier molecular flexibility index (Phi) is 3.61. The molecule has 2 atom stereocenters. The first-order chi connectivity index (χ1) is 12.0. The van der Waals surface area contributed by atoms with Crippen LogP contribution in [0.15, 0.2) is 67.3 Å². The van der Waals surface area contributed by atoms with Crippen molar-refractivity contribution >= 4 is 0 Å². The molecule has 2 heterocycles. The number of nitrogens with zero attached hydrogens (tertiary/aromatic N) is 3. The highest BCUT2D eigenvalue weighted by atomic mass is 19.4. The lowest BCUT2D eigenvalue weighted by atomic mass is 9.89. The molecule has 2 aromatic carbocycles. The molecule has 0 N–H and O–H groups in total. The minimum Gasteiger partial charge on any atom is -0.354 e. The van der Waals surface area contributed by atoms with Crippen molar-refractivity contribution in [1.82, 2.24) is 14.8 Å². The van der Waals surface area contributed by atoms with Crippen LogP contribution in [0.1, 0.15) is 22.8 Å². The summed E-state index contributed by atoms with van der Waals surface area (Å²) in [5, 5.41) is 4.07. The maximum atomic E-state index is 13.4. The van der Waals surface area contributed by atoms with E-state index < -0.39 is 23.4 Å². The van der Waals surface area contributed by atoms with Crippen LogP contribution < -0.4 is 0 Å². The molecule has 0 aliphatic carbocycles. The van der Waals surface area contributed by atoms with Crippen molar-refractivity contribution in [2.45, 2.75) is 24.4 Å². The Balaban J connectivity index is 1.77. The van der Waals surface area contributed by atoms with Gasteiger partial charge in [0.15, 0.2) is 0 Å². The van der Waals surface area contributed by atoms with E-state index in [9.17, 15) is 13.2 Å². The van der Waals surface area contributed by atoms with Gasteiger partial charge in [-0.3, -0.25) is 0 Å². The molecule has 1 aliphatic rings. The number of benzene rings is 2. The molecular weight excluding hydrogens is 331 g/mol. The molecule has 3 aromatic rings. The van der Waals surface area contributed by atoms with E-state index in [0.717, 1.165) is 11.6 Å². The van der Waals surface area contributed by atoms with Gasteiger partial charge in [0.1, 0.15) is 24.4 Å². The standard InChI is InChI=1S/C18H14F3N3O/c19-18(20,21)15-9-5-4-8-14(15)16-17(25-16,10-24-12-22-11-23-24)13-6-2-1-3-7-13/h1-9,11-12,16H,10H2. The zero-order valence-corrected chi connectivity index (χ0v) is 13.0. The summed E-state index contributed by atoms with van der Waals surface area (Å²) >= 11 is 0. The molecule has 0 saturated carbocycles. The summed E-state index contributed by atoms with van der Waals surface area (Å²) < 4.78 is 47.6. The fourth-order valence-corrected chi connectivity index (χ4v) is 3.18. The topological polar surface area (TPSA) is 43.2 Å². The van der Waals surface area contributed by atoms with Crippen LogP contribution in [0.5, 0.6) is 0 Å². The highest BCUT2D eigenvalue weighted by Gasteiger charge is 2.60. The van der Waals surface area contributed by atoms with Gasteiger partial charge in [-0.25, -0.2) is 9.67 Å². The number of ether oxygens (including phenoxy) is 1. The number of epoxide rings is 1. The van der Waals surface area contributed by atoms with Gasteiger partial charge in [0.25, 0.3) is 0 Å². The molecule has 0 bridgehead atoms. The van der Waals surface area contributed by atoms with Crippen LogP contribution in [0.25, 0.3) is 0 Å². The van der Waals surface area contributed by atoms with Crippen LogP contribution in [-0.4, -0.2) is 14.8 Å². The SMILES string of the molecule is FC(F)(F)c1ccccc1C1OC1(Cn1cncn1)c1ccccc1. The van der Waals surface area contributed by atoms with Crippen molar-refractivity contribution in [3.8, 4) is 0 Å². The van der Waals surface area contributed by atoms with Gasteiger partial charge in [-0.05, 0) is 17.2 Å². The molecule has 4 nitrogen and oxygen atoms in total. The number of halogens is 3. The van der Waals surface area contributed by atoms with Gasteiger partial charge in [0, 0.05) is 0 Å². The third kappa shape index (κ3) is 2.80.